The number of rotatable bonds is 7. The number of nitrogen functional groups attached to an aromatic ring is 1. The van der Waals surface area contributed by atoms with Gasteiger partial charge in [-0.2, -0.15) is 0 Å². The lowest BCUT2D eigenvalue weighted by atomic mass is 9.95. The van der Waals surface area contributed by atoms with E-state index in [0.29, 0.717) is 32.8 Å². The molecule has 1 saturated heterocycles. The fourth-order valence-corrected chi connectivity index (χ4v) is 2.12. The Morgan fingerprint density at radius 3 is 2.32 bits per heavy atom. The second-order valence-electron chi connectivity index (χ2n) is 6.40. The van der Waals surface area contributed by atoms with Crippen LogP contribution in [0.15, 0.2) is 24.3 Å². The molecule has 1 heterocycles. The van der Waals surface area contributed by atoms with E-state index < -0.39 is 5.97 Å². The molecule has 5 nitrogen and oxygen atoms in total. The van der Waals surface area contributed by atoms with Gasteiger partial charge in [0.25, 0.3) is 5.97 Å². The van der Waals surface area contributed by atoms with Gasteiger partial charge in [-0.15, -0.1) is 0 Å². The third-order valence-corrected chi connectivity index (χ3v) is 3.56. The van der Waals surface area contributed by atoms with Crippen molar-refractivity contribution in [3.63, 3.8) is 0 Å². The zero-order valence-electron chi connectivity index (χ0n) is 13.8. The van der Waals surface area contributed by atoms with Gasteiger partial charge >= 0.3 is 0 Å². The first-order chi connectivity index (χ1) is 10.4. The Bertz CT molecular complexity index is 448. The molecule has 0 bridgehead atoms. The quantitative estimate of drug-likeness (QED) is 0.619. The molecule has 0 radical (unpaired) electrons. The topological polar surface area (TPSA) is 62.9 Å². The minimum atomic E-state index is -0.892. The number of benzene rings is 1. The summed E-state index contributed by atoms with van der Waals surface area (Å²) in [5.41, 5.74) is 6.40. The van der Waals surface area contributed by atoms with Gasteiger partial charge in [-0.25, -0.2) is 0 Å². The van der Waals surface area contributed by atoms with Gasteiger partial charge in [0.2, 0.25) is 0 Å². The predicted molar refractivity (Wildman–Crippen MR) is 85.6 cm³/mol. The lowest BCUT2D eigenvalue weighted by molar-refractivity contribution is -0.418. The molecular weight excluding hydrogens is 282 g/mol. The first-order valence-electron chi connectivity index (χ1n) is 7.85. The maximum atomic E-state index is 5.83. The predicted octanol–water partition coefficient (Wildman–Crippen LogP) is 3.19. The van der Waals surface area contributed by atoms with Crippen molar-refractivity contribution in [1.82, 2.24) is 0 Å². The van der Waals surface area contributed by atoms with E-state index in [-0.39, 0.29) is 5.41 Å². The van der Waals surface area contributed by atoms with Crippen LogP contribution < -0.4 is 10.5 Å². The summed E-state index contributed by atoms with van der Waals surface area (Å²) in [6.07, 6.45) is 1.43. The van der Waals surface area contributed by atoms with E-state index in [1.807, 2.05) is 31.2 Å². The van der Waals surface area contributed by atoms with Gasteiger partial charge in [-0.05, 0) is 24.3 Å². The molecule has 0 unspecified atom stereocenters. The van der Waals surface area contributed by atoms with Crippen LogP contribution in [0.4, 0.5) is 5.69 Å². The molecule has 2 N–H and O–H groups in total. The van der Waals surface area contributed by atoms with Crippen LogP contribution in [-0.2, 0) is 14.2 Å². The van der Waals surface area contributed by atoms with E-state index >= 15 is 0 Å². The summed E-state index contributed by atoms with van der Waals surface area (Å²) >= 11 is 0. The molecule has 0 aromatic heterocycles. The average Bonchev–Trinajstić information content (AvgIpc) is 2.51. The molecule has 0 spiro atoms. The van der Waals surface area contributed by atoms with Crippen molar-refractivity contribution in [3.8, 4) is 5.75 Å². The molecule has 0 aliphatic carbocycles. The molecule has 0 amide bonds. The molecule has 1 aliphatic rings. The van der Waals surface area contributed by atoms with Crippen molar-refractivity contribution in [2.75, 3.05) is 32.2 Å². The highest BCUT2D eigenvalue weighted by molar-refractivity contribution is 5.41. The third-order valence-electron chi connectivity index (χ3n) is 3.56. The highest BCUT2D eigenvalue weighted by Crippen LogP contribution is 2.32. The Labute approximate surface area is 132 Å². The fourth-order valence-electron chi connectivity index (χ4n) is 2.12. The van der Waals surface area contributed by atoms with Gasteiger partial charge in [0, 0.05) is 23.9 Å². The van der Waals surface area contributed by atoms with Crippen LogP contribution >= 0.6 is 0 Å². The first kappa shape index (κ1) is 17.1. The smallest absolute Gasteiger partial charge is 0.282 e. The lowest BCUT2D eigenvalue weighted by Gasteiger charge is -2.42. The Kier molecular flexibility index (Phi) is 5.67. The van der Waals surface area contributed by atoms with Crippen LogP contribution in [0, 0.1) is 5.41 Å². The van der Waals surface area contributed by atoms with Gasteiger partial charge in [0.15, 0.2) is 0 Å². The van der Waals surface area contributed by atoms with E-state index in [2.05, 4.69) is 13.8 Å². The van der Waals surface area contributed by atoms with Crippen molar-refractivity contribution in [2.24, 2.45) is 5.41 Å². The summed E-state index contributed by atoms with van der Waals surface area (Å²) in [6, 6.07) is 7.37. The summed E-state index contributed by atoms with van der Waals surface area (Å²) in [6.45, 7) is 8.63. The van der Waals surface area contributed by atoms with Gasteiger partial charge in [-0.3, -0.25) is 0 Å². The zero-order valence-corrected chi connectivity index (χ0v) is 13.8. The second-order valence-corrected chi connectivity index (χ2v) is 6.40. The maximum Gasteiger partial charge on any atom is 0.282 e. The maximum absolute atomic E-state index is 5.83. The van der Waals surface area contributed by atoms with Crippen LogP contribution in [0.5, 0.6) is 5.75 Å². The second kappa shape index (κ2) is 7.31. The third kappa shape index (κ3) is 4.87. The standard InChI is InChI=1S/C17H27NO4/c1-4-17(21-12-16(2,3)13-22-17)20-11-5-10-19-15-8-6-14(18)7-9-15/h6-9H,4-5,10-13,18H2,1-3H3. The van der Waals surface area contributed by atoms with Gasteiger partial charge in [-0.1, -0.05) is 20.8 Å². The van der Waals surface area contributed by atoms with Crippen LogP contribution in [0.3, 0.4) is 0 Å². The van der Waals surface area contributed by atoms with Gasteiger partial charge in [0.05, 0.1) is 26.4 Å². The summed E-state index contributed by atoms with van der Waals surface area (Å²) in [7, 11) is 0. The molecule has 1 aliphatic heterocycles. The number of hydrogen-bond acceptors (Lipinski definition) is 5. The largest absolute Gasteiger partial charge is 0.494 e. The van der Waals surface area contributed by atoms with Crippen molar-refractivity contribution in [2.45, 2.75) is 39.6 Å². The summed E-state index contributed by atoms with van der Waals surface area (Å²) in [5, 5.41) is 0. The molecular formula is C17H27NO4. The van der Waals surface area contributed by atoms with Gasteiger partial charge in [0.1, 0.15) is 5.75 Å². The Morgan fingerprint density at radius 2 is 1.73 bits per heavy atom. The minimum Gasteiger partial charge on any atom is -0.494 e. The van der Waals surface area contributed by atoms with Crippen LogP contribution in [0.1, 0.15) is 33.6 Å². The summed E-state index contributed by atoms with van der Waals surface area (Å²) in [5.74, 6) is -0.0807. The molecule has 2 rings (SSSR count). The van der Waals surface area contributed by atoms with Crippen LogP contribution in [-0.4, -0.2) is 32.4 Å². The fraction of sp³-hybridized carbons (Fsp3) is 0.647. The van der Waals surface area contributed by atoms with Crippen molar-refractivity contribution in [1.29, 1.82) is 0 Å². The number of anilines is 1. The van der Waals surface area contributed by atoms with Crippen LogP contribution in [0.25, 0.3) is 0 Å². The minimum absolute atomic E-state index is 0.0420. The highest BCUT2D eigenvalue weighted by atomic mass is 16.9. The number of ether oxygens (including phenoxy) is 4. The molecule has 0 saturated carbocycles. The van der Waals surface area contributed by atoms with Crippen LogP contribution in [0.2, 0.25) is 0 Å². The lowest BCUT2D eigenvalue weighted by Crippen LogP contribution is -2.49. The first-order valence-corrected chi connectivity index (χ1v) is 7.85. The monoisotopic (exact) mass is 309 g/mol. The molecule has 124 valence electrons. The van der Waals surface area contributed by atoms with Crippen molar-refractivity contribution >= 4 is 5.69 Å². The number of nitrogens with two attached hydrogens (primary N) is 1. The zero-order chi connectivity index (χ0) is 16.1. The summed E-state index contributed by atoms with van der Waals surface area (Å²) < 4.78 is 23.1. The molecule has 1 aromatic rings. The molecule has 5 heteroatoms. The Hall–Kier alpha value is -1.30. The van der Waals surface area contributed by atoms with Crippen molar-refractivity contribution in [3.05, 3.63) is 24.3 Å². The Balaban J connectivity index is 1.68. The Morgan fingerprint density at radius 1 is 1.09 bits per heavy atom. The highest BCUT2D eigenvalue weighted by Gasteiger charge is 2.40. The van der Waals surface area contributed by atoms with E-state index in [1.54, 1.807) is 0 Å². The number of hydrogen-bond donors (Lipinski definition) is 1. The normalized spacial score (nSPS) is 19.8. The summed E-state index contributed by atoms with van der Waals surface area (Å²) in [4.78, 5) is 0. The SMILES string of the molecule is CCC1(OCCCOc2ccc(N)cc2)OCC(C)(C)CO1. The average molecular weight is 309 g/mol. The molecule has 22 heavy (non-hydrogen) atoms. The van der Waals surface area contributed by atoms with E-state index in [9.17, 15) is 0 Å². The van der Waals surface area contributed by atoms with E-state index in [4.69, 9.17) is 24.7 Å². The molecule has 1 fully saturated rings. The van der Waals surface area contributed by atoms with Crippen molar-refractivity contribution < 1.29 is 18.9 Å². The molecule has 0 atom stereocenters. The van der Waals surface area contributed by atoms with E-state index in [1.165, 1.54) is 0 Å². The molecule has 1 aromatic carbocycles. The van der Waals surface area contributed by atoms with Gasteiger partial charge < -0.3 is 24.7 Å². The van der Waals surface area contributed by atoms with E-state index in [0.717, 1.165) is 17.9 Å².